The Balaban J connectivity index is 0.00000208. The molecule has 120 valence electrons. The summed E-state index contributed by atoms with van der Waals surface area (Å²) in [7, 11) is 0. The molecule has 0 amide bonds. The normalized spacial score (nSPS) is 20.1. The fourth-order valence-electron chi connectivity index (χ4n) is 3.15. The fraction of sp³-hybridized carbons (Fsp3) is 0.350. The standard InChI is InChI=1S/C20H20FO2.Rb/c1-14-7-9-15(10-8-14)16-11-12-18(19(21)13-16)20(22)23-17-5-3-2-4-6-17;/h3-6,11-15H,7-10H2,1H3;/q-1;+1. The Morgan fingerprint density at radius 3 is 2.42 bits per heavy atom. The van der Waals surface area contributed by atoms with E-state index < -0.39 is 11.8 Å². The van der Waals surface area contributed by atoms with Crippen LogP contribution in [0.2, 0.25) is 0 Å². The molecule has 2 aromatic carbocycles. The average Bonchev–Trinajstić information content (AvgIpc) is 2.56. The molecule has 0 aliphatic heterocycles. The van der Waals surface area contributed by atoms with Crippen molar-refractivity contribution in [3.05, 3.63) is 65.5 Å². The van der Waals surface area contributed by atoms with E-state index in [-0.39, 0.29) is 63.8 Å². The van der Waals surface area contributed by atoms with E-state index in [1.54, 1.807) is 30.3 Å². The molecule has 0 radical (unpaired) electrons. The molecule has 0 heterocycles. The third-order valence-electron chi connectivity index (χ3n) is 4.60. The number of rotatable bonds is 3. The number of carbonyl (C=O) groups is 1. The van der Waals surface area contributed by atoms with Gasteiger partial charge in [0.05, 0.1) is 5.56 Å². The summed E-state index contributed by atoms with van der Waals surface area (Å²) in [4.78, 5) is 12.1. The minimum Gasteiger partial charge on any atom is -0.450 e. The number of ether oxygens (including phenoxy) is 1. The van der Waals surface area contributed by atoms with Gasteiger partial charge in [-0.3, -0.25) is 0 Å². The van der Waals surface area contributed by atoms with Crippen molar-refractivity contribution >= 4 is 5.97 Å². The first-order valence-corrected chi connectivity index (χ1v) is 8.11. The molecular weight excluding hydrogens is 377 g/mol. The average molecular weight is 397 g/mol. The van der Waals surface area contributed by atoms with Gasteiger partial charge in [0.2, 0.25) is 0 Å². The molecule has 2 aromatic rings. The van der Waals surface area contributed by atoms with Gasteiger partial charge in [-0.25, -0.2) is 9.18 Å². The van der Waals surface area contributed by atoms with Crippen molar-refractivity contribution in [1.82, 2.24) is 0 Å². The minimum atomic E-state index is -0.669. The summed E-state index contributed by atoms with van der Waals surface area (Å²) >= 11 is 0. The number of benzene rings is 2. The number of hydrogen-bond acceptors (Lipinski definition) is 2. The van der Waals surface area contributed by atoms with E-state index in [0.717, 1.165) is 24.3 Å². The zero-order valence-corrected chi connectivity index (χ0v) is 19.1. The maximum atomic E-state index is 14.3. The molecule has 2 nitrogen and oxygen atoms in total. The molecule has 0 N–H and O–H groups in total. The van der Waals surface area contributed by atoms with Crippen molar-refractivity contribution < 1.29 is 72.1 Å². The number of halogens is 1. The van der Waals surface area contributed by atoms with Gasteiger partial charge in [0.15, 0.2) is 0 Å². The number of carbonyl (C=O) groups excluding carboxylic acids is 1. The van der Waals surface area contributed by atoms with Crippen LogP contribution in [-0.4, -0.2) is 5.97 Å². The molecule has 3 rings (SSSR count). The zero-order valence-electron chi connectivity index (χ0n) is 14.2. The summed E-state index contributed by atoms with van der Waals surface area (Å²) in [6.07, 6.45) is 4.54. The van der Waals surface area contributed by atoms with Crippen molar-refractivity contribution in [2.45, 2.75) is 38.5 Å². The van der Waals surface area contributed by atoms with Gasteiger partial charge in [0.25, 0.3) is 0 Å². The molecule has 0 aromatic heterocycles. The molecule has 1 aliphatic carbocycles. The number of hydrogen-bond donors (Lipinski definition) is 0. The van der Waals surface area contributed by atoms with E-state index in [9.17, 15) is 9.18 Å². The first-order chi connectivity index (χ1) is 11.1. The second-order valence-corrected chi connectivity index (χ2v) is 6.32. The molecule has 0 atom stereocenters. The molecule has 1 saturated carbocycles. The Morgan fingerprint density at radius 2 is 1.79 bits per heavy atom. The van der Waals surface area contributed by atoms with E-state index in [2.05, 4.69) is 13.0 Å². The quantitative estimate of drug-likeness (QED) is 0.451. The van der Waals surface area contributed by atoms with E-state index >= 15 is 0 Å². The first-order valence-electron chi connectivity index (χ1n) is 8.11. The summed E-state index contributed by atoms with van der Waals surface area (Å²) in [5.41, 5.74) is 0.964. The Morgan fingerprint density at radius 1 is 1.12 bits per heavy atom. The summed E-state index contributed by atoms with van der Waals surface area (Å²) in [6.45, 7) is 2.26. The van der Waals surface area contributed by atoms with Crippen molar-refractivity contribution in [2.24, 2.45) is 5.92 Å². The van der Waals surface area contributed by atoms with Crippen molar-refractivity contribution in [1.29, 1.82) is 0 Å². The Bertz CT molecular complexity index is 679. The van der Waals surface area contributed by atoms with Gasteiger partial charge in [-0.1, -0.05) is 25.8 Å². The van der Waals surface area contributed by atoms with Crippen molar-refractivity contribution in [2.75, 3.05) is 0 Å². The van der Waals surface area contributed by atoms with Gasteiger partial charge in [0.1, 0.15) is 5.82 Å². The maximum absolute atomic E-state index is 14.3. The van der Waals surface area contributed by atoms with Crippen LogP contribution in [0.1, 0.15) is 54.4 Å². The van der Waals surface area contributed by atoms with Crippen LogP contribution in [0.25, 0.3) is 0 Å². The molecule has 24 heavy (non-hydrogen) atoms. The van der Waals surface area contributed by atoms with Gasteiger partial charge < -0.3 is 4.74 Å². The molecule has 1 fully saturated rings. The van der Waals surface area contributed by atoms with E-state index in [1.165, 1.54) is 18.9 Å². The molecule has 4 heteroatoms. The van der Waals surface area contributed by atoms with Crippen LogP contribution >= 0.6 is 0 Å². The third kappa shape index (κ3) is 5.07. The second-order valence-electron chi connectivity index (χ2n) is 6.32. The molecule has 1 aliphatic rings. The molecular formula is C20H20FO2Rb. The second kappa shape index (κ2) is 9.37. The third-order valence-corrected chi connectivity index (χ3v) is 4.60. The summed E-state index contributed by atoms with van der Waals surface area (Å²) in [5.74, 6) is 0.369. The van der Waals surface area contributed by atoms with Crippen LogP contribution < -0.4 is 62.9 Å². The van der Waals surface area contributed by atoms with Crippen LogP contribution in [0, 0.1) is 17.8 Å². The fourth-order valence-corrected chi connectivity index (χ4v) is 3.15. The molecule has 0 unspecified atom stereocenters. The summed E-state index contributed by atoms with van der Waals surface area (Å²) in [5, 5.41) is 0. The van der Waals surface area contributed by atoms with Gasteiger partial charge >= 0.3 is 64.2 Å². The Labute approximate surface area is 191 Å². The topological polar surface area (TPSA) is 26.3 Å². The van der Waals surface area contributed by atoms with Crippen molar-refractivity contribution in [3.63, 3.8) is 0 Å². The van der Waals surface area contributed by atoms with Gasteiger partial charge in [-0.05, 0) is 42.4 Å². The first kappa shape index (κ1) is 20.0. The van der Waals surface area contributed by atoms with E-state index in [4.69, 9.17) is 4.74 Å². The summed E-state index contributed by atoms with van der Waals surface area (Å²) in [6, 6.07) is 14.3. The Kier molecular flexibility index (Phi) is 7.80. The monoisotopic (exact) mass is 396 g/mol. The van der Waals surface area contributed by atoms with Crippen LogP contribution in [0.3, 0.4) is 0 Å². The number of esters is 1. The minimum absolute atomic E-state index is 0. The predicted molar refractivity (Wildman–Crippen MR) is 87.0 cm³/mol. The molecule has 0 bridgehead atoms. The van der Waals surface area contributed by atoms with E-state index in [1.807, 2.05) is 6.07 Å². The van der Waals surface area contributed by atoms with E-state index in [0.29, 0.717) is 11.7 Å². The SMILES string of the molecule is CC1CCC(c2ccc(C(=O)Oc3cc[c-]cc3)c(F)c2)CC1.[Rb+]. The maximum Gasteiger partial charge on any atom is 1.00 e. The summed E-state index contributed by atoms with van der Waals surface area (Å²) < 4.78 is 19.5. The van der Waals surface area contributed by atoms with Crippen molar-refractivity contribution in [3.8, 4) is 5.75 Å². The van der Waals surface area contributed by atoms with Crippen LogP contribution in [0.15, 0.2) is 42.5 Å². The largest absolute Gasteiger partial charge is 1.00 e. The van der Waals surface area contributed by atoms with Crippen LogP contribution in [-0.2, 0) is 0 Å². The van der Waals surface area contributed by atoms with Crippen LogP contribution in [0.4, 0.5) is 4.39 Å². The Hall–Kier alpha value is -0.355. The smallest absolute Gasteiger partial charge is 0.450 e. The predicted octanol–water partition coefficient (Wildman–Crippen LogP) is 2.14. The molecule has 0 spiro atoms. The van der Waals surface area contributed by atoms with Crippen LogP contribution in [0.5, 0.6) is 5.75 Å². The zero-order chi connectivity index (χ0) is 16.2. The molecule has 0 saturated heterocycles. The van der Waals surface area contributed by atoms with Gasteiger partial charge in [0, 0.05) is 5.75 Å². The van der Waals surface area contributed by atoms with Gasteiger partial charge in [-0.15, -0.1) is 12.1 Å². The van der Waals surface area contributed by atoms with Gasteiger partial charge in [-0.2, -0.15) is 18.2 Å².